The highest BCUT2D eigenvalue weighted by Crippen LogP contribution is 2.32. The molecule has 0 saturated heterocycles. The molecular formula is C26H33N3O4S. The molecule has 0 saturated carbocycles. The third-order valence-corrected chi connectivity index (χ3v) is 6.78. The fourth-order valence-electron chi connectivity index (χ4n) is 3.80. The number of ether oxygens (including phenoxy) is 1. The minimum Gasteiger partial charge on any atom is -0.461 e. The SMILES string of the molecule is Cc1c(C(=O)OCC(C)C)sc2ncn(CC(=O)Nc3c(C(C)C)cccc3C(C)C)c(=O)c12. The Bertz CT molecular complexity index is 1240. The van der Waals surface area contributed by atoms with Crippen molar-refractivity contribution in [3.05, 3.63) is 56.4 Å². The summed E-state index contributed by atoms with van der Waals surface area (Å²) in [4.78, 5) is 43.8. The Kier molecular flexibility index (Phi) is 7.92. The van der Waals surface area contributed by atoms with Crippen molar-refractivity contribution < 1.29 is 14.3 Å². The first-order chi connectivity index (χ1) is 16.0. The van der Waals surface area contributed by atoms with Gasteiger partial charge in [-0.05, 0) is 41.4 Å². The van der Waals surface area contributed by atoms with Gasteiger partial charge in [-0.2, -0.15) is 0 Å². The molecule has 0 unspecified atom stereocenters. The van der Waals surface area contributed by atoms with E-state index in [4.69, 9.17) is 4.74 Å². The molecule has 7 nitrogen and oxygen atoms in total. The first-order valence-corrected chi connectivity index (χ1v) is 12.4. The number of nitrogens with one attached hydrogen (secondary N) is 1. The Morgan fingerprint density at radius 1 is 1.09 bits per heavy atom. The van der Waals surface area contributed by atoms with E-state index in [0.717, 1.165) is 28.2 Å². The van der Waals surface area contributed by atoms with Crippen molar-refractivity contribution in [3.63, 3.8) is 0 Å². The van der Waals surface area contributed by atoms with E-state index in [2.05, 4.69) is 38.0 Å². The molecule has 0 aliphatic carbocycles. The van der Waals surface area contributed by atoms with Gasteiger partial charge in [0.25, 0.3) is 5.56 Å². The molecule has 3 rings (SSSR count). The number of para-hydroxylation sites is 1. The molecule has 182 valence electrons. The van der Waals surface area contributed by atoms with E-state index in [0.29, 0.717) is 27.3 Å². The van der Waals surface area contributed by atoms with Gasteiger partial charge >= 0.3 is 5.97 Å². The van der Waals surface area contributed by atoms with E-state index >= 15 is 0 Å². The summed E-state index contributed by atoms with van der Waals surface area (Å²) < 4.78 is 6.62. The Balaban J connectivity index is 1.90. The summed E-state index contributed by atoms with van der Waals surface area (Å²) in [6, 6.07) is 6.03. The molecule has 8 heteroatoms. The lowest BCUT2D eigenvalue weighted by atomic mass is 9.92. The summed E-state index contributed by atoms with van der Waals surface area (Å²) in [7, 11) is 0. The van der Waals surface area contributed by atoms with Crippen LogP contribution in [0.1, 0.15) is 79.7 Å². The fraction of sp³-hybridized carbons (Fsp3) is 0.462. The number of aromatic nitrogens is 2. The van der Waals surface area contributed by atoms with Gasteiger partial charge < -0.3 is 10.1 Å². The van der Waals surface area contributed by atoms with Crippen LogP contribution in [0.4, 0.5) is 5.69 Å². The summed E-state index contributed by atoms with van der Waals surface area (Å²) in [5.41, 5.74) is 3.10. The second kappa shape index (κ2) is 10.5. The largest absolute Gasteiger partial charge is 0.461 e. The molecule has 0 fully saturated rings. The summed E-state index contributed by atoms with van der Waals surface area (Å²) in [5.74, 6) is -0.0780. The van der Waals surface area contributed by atoms with Crippen LogP contribution in [0.15, 0.2) is 29.3 Å². The predicted octanol–water partition coefficient (Wildman–Crippen LogP) is 5.46. The lowest BCUT2D eigenvalue weighted by Crippen LogP contribution is -2.28. The second-order valence-corrected chi connectivity index (χ2v) is 10.6. The summed E-state index contributed by atoms with van der Waals surface area (Å²) in [6.45, 7) is 14.1. The number of benzene rings is 1. The van der Waals surface area contributed by atoms with Crippen molar-refractivity contribution in [1.29, 1.82) is 0 Å². The number of aryl methyl sites for hydroxylation is 1. The number of thiophene rings is 1. The predicted molar refractivity (Wildman–Crippen MR) is 137 cm³/mol. The summed E-state index contributed by atoms with van der Waals surface area (Å²) in [5, 5.41) is 3.38. The monoisotopic (exact) mass is 483 g/mol. The lowest BCUT2D eigenvalue weighted by Gasteiger charge is -2.20. The number of fused-ring (bicyclic) bond motifs is 1. The summed E-state index contributed by atoms with van der Waals surface area (Å²) >= 11 is 1.14. The van der Waals surface area contributed by atoms with Crippen LogP contribution >= 0.6 is 11.3 Å². The lowest BCUT2D eigenvalue weighted by molar-refractivity contribution is -0.116. The summed E-state index contributed by atoms with van der Waals surface area (Å²) in [6.07, 6.45) is 1.36. The van der Waals surface area contributed by atoms with Gasteiger partial charge in [-0.1, -0.05) is 59.7 Å². The third kappa shape index (κ3) is 5.38. The van der Waals surface area contributed by atoms with Crippen molar-refractivity contribution in [1.82, 2.24) is 9.55 Å². The van der Waals surface area contributed by atoms with Crippen LogP contribution < -0.4 is 10.9 Å². The van der Waals surface area contributed by atoms with Crippen molar-refractivity contribution in [2.24, 2.45) is 5.92 Å². The fourth-order valence-corrected chi connectivity index (χ4v) is 4.84. The van der Waals surface area contributed by atoms with Crippen LogP contribution in [0.2, 0.25) is 0 Å². The van der Waals surface area contributed by atoms with Crippen LogP contribution in [0.5, 0.6) is 0 Å². The molecule has 1 aromatic carbocycles. The van der Waals surface area contributed by atoms with Crippen molar-refractivity contribution in [2.45, 2.75) is 66.8 Å². The van der Waals surface area contributed by atoms with Crippen LogP contribution in [0, 0.1) is 12.8 Å². The molecule has 34 heavy (non-hydrogen) atoms. The smallest absolute Gasteiger partial charge is 0.348 e. The number of carbonyl (C=O) groups excluding carboxylic acids is 2. The number of nitrogens with zero attached hydrogens (tertiary/aromatic N) is 2. The van der Waals surface area contributed by atoms with E-state index in [1.165, 1.54) is 10.9 Å². The van der Waals surface area contributed by atoms with E-state index in [1.807, 2.05) is 32.0 Å². The Labute approximate surface area is 204 Å². The van der Waals surface area contributed by atoms with Gasteiger partial charge in [-0.3, -0.25) is 14.2 Å². The van der Waals surface area contributed by atoms with Crippen molar-refractivity contribution in [3.8, 4) is 0 Å². The van der Waals surface area contributed by atoms with E-state index in [-0.39, 0.29) is 35.8 Å². The number of amides is 1. The number of hydrogen-bond donors (Lipinski definition) is 1. The van der Waals surface area contributed by atoms with Crippen LogP contribution in [0.3, 0.4) is 0 Å². The van der Waals surface area contributed by atoms with E-state index < -0.39 is 5.97 Å². The van der Waals surface area contributed by atoms with Gasteiger partial charge in [-0.25, -0.2) is 9.78 Å². The van der Waals surface area contributed by atoms with Crippen LogP contribution in [-0.2, 0) is 16.1 Å². The number of hydrogen-bond acceptors (Lipinski definition) is 6. The highest BCUT2D eigenvalue weighted by atomic mass is 32.1. The molecule has 2 aromatic heterocycles. The topological polar surface area (TPSA) is 90.3 Å². The van der Waals surface area contributed by atoms with Crippen LogP contribution in [0.25, 0.3) is 10.2 Å². The van der Waals surface area contributed by atoms with E-state index in [1.54, 1.807) is 6.92 Å². The highest BCUT2D eigenvalue weighted by Gasteiger charge is 2.22. The minimum atomic E-state index is -0.454. The molecular weight excluding hydrogens is 450 g/mol. The normalized spacial score (nSPS) is 11.6. The minimum absolute atomic E-state index is 0.172. The number of anilines is 1. The molecule has 3 aromatic rings. The number of esters is 1. The molecule has 0 aliphatic heterocycles. The quantitative estimate of drug-likeness (QED) is 0.429. The first-order valence-electron chi connectivity index (χ1n) is 11.6. The zero-order valence-corrected chi connectivity index (χ0v) is 21.7. The third-order valence-electron chi connectivity index (χ3n) is 5.60. The van der Waals surface area contributed by atoms with Gasteiger partial charge in [0.2, 0.25) is 5.91 Å². The molecule has 0 bridgehead atoms. The molecule has 1 N–H and O–H groups in total. The maximum atomic E-state index is 13.2. The van der Waals surface area contributed by atoms with E-state index in [9.17, 15) is 14.4 Å². The average Bonchev–Trinajstić information content (AvgIpc) is 3.10. The van der Waals surface area contributed by atoms with Crippen LogP contribution in [-0.4, -0.2) is 28.0 Å². The molecule has 0 aliphatic rings. The van der Waals surface area contributed by atoms with Crippen molar-refractivity contribution >= 4 is 39.1 Å². The van der Waals surface area contributed by atoms with Crippen molar-refractivity contribution in [2.75, 3.05) is 11.9 Å². The maximum absolute atomic E-state index is 13.2. The molecule has 0 spiro atoms. The molecule has 0 radical (unpaired) electrons. The standard InChI is InChI=1S/C26H33N3O4S/c1-14(2)12-33-26(32)23-17(7)21-24(34-23)27-13-29(25(21)31)11-20(30)28-22-18(15(3)4)9-8-10-19(22)16(5)6/h8-10,13-16H,11-12H2,1-7H3,(H,28,30). The second-order valence-electron chi connectivity index (χ2n) is 9.58. The zero-order chi connectivity index (χ0) is 25.2. The Hall–Kier alpha value is -3.00. The van der Waals surface area contributed by atoms with Gasteiger partial charge in [-0.15, -0.1) is 11.3 Å². The molecule has 0 atom stereocenters. The van der Waals surface area contributed by atoms with Gasteiger partial charge in [0, 0.05) is 5.69 Å². The zero-order valence-electron chi connectivity index (χ0n) is 20.9. The number of rotatable bonds is 8. The highest BCUT2D eigenvalue weighted by molar-refractivity contribution is 7.20. The molecule has 1 amide bonds. The average molecular weight is 484 g/mol. The van der Waals surface area contributed by atoms with Gasteiger partial charge in [0.15, 0.2) is 0 Å². The Morgan fingerprint density at radius 3 is 2.26 bits per heavy atom. The first kappa shape index (κ1) is 25.6. The molecule has 2 heterocycles. The Morgan fingerprint density at radius 2 is 1.71 bits per heavy atom. The maximum Gasteiger partial charge on any atom is 0.348 e. The van der Waals surface area contributed by atoms with Gasteiger partial charge in [0.05, 0.1) is 18.3 Å². The number of carbonyl (C=O) groups is 2. The van der Waals surface area contributed by atoms with Gasteiger partial charge in [0.1, 0.15) is 16.3 Å².